The Morgan fingerprint density at radius 1 is 1.13 bits per heavy atom. The molecule has 0 aliphatic carbocycles. The first-order valence-corrected chi connectivity index (χ1v) is 11.9. The molecule has 2 atom stereocenters. The Morgan fingerprint density at radius 3 is 2.66 bits per heavy atom. The molecule has 4 heterocycles. The molecule has 194 valence electrons. The molecular formula is C24H21ClFN9O3. The van der Waals surface area contributed by atoms with Gasteiger partial charge < -0.3 is 21.3 Å². The number of hydrogen-bond acceptors (Lipinski definition) is 8. The summed E-state index contributed by atoms with van der Waals surface area (Å²) in [6.45, 7) is -0.593. The Kier molecular flexibility index (Phi) is 6.83. The molecule has 4 aromatic rings. The molecule has 0 radical (unpaired) electrons. The van der Waals surface area contributed by atoms with Crippen LogP contribution in [0.5, 0.6) is 0 Å². The number of aromatic nitrogens is 5. The summed E-state index contributed by atoms with van der Waals surface area (Å²) in [6, 6.07) is 8.69. The molecule has 1 aromatic carbocycles. The first kappa shape index (κ1) is 25.0. The van der Waals surface area contributed by atoms with Gasteiger partial charge in [-0.05, 0) is 30.3 Å². The van der Waals surface area contributed by atoms with E-state index in [1.807, 2.05) is 0 Å². The predicted octanol–water partition coefficient (Wildman–Crippen LogP) is 2.29. The Morgan fingerprint density at radius 2 is 1.92 bits per heavy atom. The van der Waals surface area contributed by atoms with Gasteiger partial charge in [-0.3, -0.25) is 19.1 Å². The van der Waals surface area contributed by atoms with E-state index in [4.69, 9.17) is 17.3 Å². The van der Waals surface area contributed by atoms with E-state index in [1.165, 1.54) is 17.1 Å². The molecular weight excluding hydrogens is 517 g/mol. The van der Waals surface area contributed by atoms with Crippen LogP contribution in [-0.2, 0) is 16.1 Å². The summed E-state index contributed by atoms with van der Waals surface area (Å²) in [5, 5.41) is 10.5. The molecule has 38 heavy (non-hydrogen) atoms. The number of nitrogens with one attached hydrogen (secondary N) is 2. The second kappa shape index (κ2) is 10.4. The first-order chi connectivity index (χ1) is 18.3. The number of likely N-dealkylation sites (tertiary alicyclic amines) is 1. The van der Waals surface area contributed by atoms with Gasteiger partial charge in [-0.1, -0.05) is 17.7 Å². The molecule has 1 saturated heterocycles. The van der Waals surface area contributed by atoms with Gasteiger partial charge in [0.25, 0.3) is 5.91 Å². The number of anilines is 3. The summed E-state index contributed by atoms with van der Waals surface area (Å²) >= 11 is 5.86. The SMILES string of the molecule is NC(=O)c1nn(CC(=O)N2C[C@H](F)C[C@H]2C(=O)Nc2cccc(Cl)n2)c2ccc(Nc3cncnc3)cc12. The van der Waals surface area contributed by atoms with Crippen molar-refractivity contribution in [3.8, 4) is 0 Å². The number of halogens is 2. The molecule has 0 unspecified atom stereocenters. The molecule has 1 fully saturated rings. The third-order valence-corrected chi connectivity index (χ3v) is 6.17. The maximum Gasteiger partial charge on any atom is 0.269 e. The van der Waals surface area contributed by atoms with Gasteiger partial charge in [0.1, 0.15) is 36.1 Å². The van der Waals surface area contributed by atoms with Crippen molar-refractivity contribution in [2.45, 2.75) is 25.2 Å². The minimum absolute atomic E-state index is 0.0353. The smallest absolute Gasteiger partial charge is 0.269 e. The fourth-order valence-corrected chi connectivity index (χ4v) is 4.47. The third-order valence-electron chi connectivity index (χ3n) is 5.96. The van der Waals surface area contributed by atoms with Crippen LogP contribution in [0.2, 0.25) is 5.15 Å². The van der Waals surface area contributed by atoms with Gasteiger partial charge in [0.05, 0.1) is 30.1 Å². The number of fused-ring (bicyclic) bond motifs is 1. The summed E-state index contributed by atoms with van der Waals surface area (Å²) in [5.41, 5.74) is 7.21. The molecule has 4 N–H and O–H groups in total. The Hall–Kier alpha value is -4.65. The van der Waals surface area contributed by atoms with Gasteiger partial charge >= 0.3 is 0 Å². The second-order valence-corrected chi connectivity index (χ2v) is 8.97. The topological polar surface area (TPSA) is 161 Å². The van der Waals surface area contributed by atoms with Gasteiger partial charge in [-0.2, -0.15) is 5.10 Å². The van der Waals surface area contributed by atoms with Crippen LogP contribution >= 0.6 is 11.6 Å². The summed E-state index contributed by atoms with van der Waals surface area (Å²) in [5.74, 6) is -1.73. The molecule has 14 heteroatoms. The minimum Gasteiger partial charge on any atom is -0.364 e. The van der Waals surface area contributed by atoms with Crippen LogP contribution in [0.25, 0.3) is 10.9 Å². The van der Waals surface area contributed by atoms with E-state index in [1.54, 1.807) is 42.7 Å². The fraction of sp³-hybridized carbons (Fsp3) is 0.208. The molecule has 3 aromatic heterocycles. The largest absolute Gasteiger partial charge is 0.364 e. The lowest BCUT2D eigenvalue weighted by atomic mass is 10.1. The van der Waals surface area contributed by atoms with Crippen LogP contribution in [0.4, 0.5) is 21.6 Å². The van der Waals surface area contributed by atoms with Gasteiger partial charge in [0.2, 0.25) is 11.8 Å². The highest BCUT2D eigenvalue weighted by Gasteiger charge is 2.40. The van der Waals surface area contributed by atoms with Gasteiger partial charge in [-0.15, -0.1) is 0 Å². The monoisotopic (exact) mass is 537 g/mol. The molecule has 1 aliphatic rings. The molecule has 0 spiro atoms. The second-order valence-electron chi connectivity index (χ2n) is 8.58. The Balaban J connectivity index is 1.38. The van der Waals surface area contributed by atoms with E-state index in [0.717, 1.165) is 4.90 Å². The third kappa shape index (κ3) is 5.22. The van der Waals surface area contributed by atoms with E-state index in [0.29, 0.717) is 22.3 Å². The van der Waals surface area contributed by atoms with Crippen molar-refractivity contribution in [3.05, 3.63) is 66.0 Å². The number of rotatable bonds is 7. The average Bonchev–Trinajstić information content (AvgIpc) is 3.45. The molecule has 0 saturated carbocycles. The van der Waals surface area contributed by atoms with E-state index < -0.39 is 29.9 Å². The van der Waals surface area contributed by atoms with Crippen molar-refractivity contribution in [1.29, 1.82) is 0 Å². The lowest BCUT2D eigenvalue weighted by Gasteiger charge is -2.23. The number of amides is 3. The predicted molar refractivity (Wildman–Crippen MR) is 136 cm³/mol. The maximum absolute atomic E-state index is 14.4. The highest BCUT2D eigenvalue weighted by Crippen LogP contribution is 2.27. The highest BCUT2D eigenvalue weighted by atomic mass is 35.5. The number of benzene rings is 1. The van der Waals surface area contributed by atoms with Crippen molar-refractivity contribution in [2.75, 3.05) is 17.2 Å². The summed E-state index contributed by atoms with van der Waals surface area (Å²) in [4.78, 5) is 51.3. The van der Waals surface area contributed by atoms with Crippen molar-refractivity contribution >= 4 is 57.4 Å². The number of alkyl halides is 1. The molecule has 5 rings (SSSR count). The summed E-state index contributed by atoms with van der Waals surface area (Å²) in [6.07, 6.45) is 3.01. The quantitative estimate of drug-likeness (QED) is 0.302. The molecule has 1 aliphatic heterocycles. The van der Waals surface area contributed by atoms with E-state index in [-0.39, 0.29) is 36.2 Å². The number of carbonyl (C=O) groups is 3. The van der Waals surface area contributed by atoms with Crippen LogP contribution < -0.4 is 16.4 Å². The van der Waals surface area contributed by atoms with Crippen LogP contribution in [-0.4, -0.2) is 66.1 Å². The van der Waals surface area contributed by atoms with E-state index >= 15 is 0 Å². The zero-order chi connectivity index (χ0) is 26.8. The zero-order valence-electron chi connectivity index (χ0n) is 19.7. The summed E-state index contributed by atoms with van der Waals surface area (Å²) < 4.78 is 15.7. The fourth-order valence-electron chi connectivity index (χ4n) is 4.31. The minimum atomic E-state index is -1.38. The number of nitrogens with two attached hydrogens (primary N) is 1. The Bertz CT molecular complexity index is 1530. The lowest BCUT2D eigenvalue weighted by molar-refractivity contribution is -0.137. The number of pyridine rings is 1. The number of primary amides is 1. The van der Waals surface area contributed by atoms with Gasteiger partial charge in [-0.25, -0.2) is 19.3 Å². The van der Waals surface area contributed by atoms with Crippen molar-refractivity contribution in [3.63, 3.8) is 0 Å². The zero-order valence-corrected chi connectivity index (χ0v) is 20.5. The Labute approximate surface area is 220 Å². The van der Waals surface area contributed by atoms with Crippen LogP contribution in [0.3, 0.4) is 0 Å². The molecule has 12 nitrogen and oxygen atoms in total. The van der Waals surface area contributed by atoms with Crippen molar-refractivity contribution < 1.29 is 18.8 Å². The first-order valence-electron chi connectivity index (χ1n) is 11.5. The van der Waals surface area contributed by atoms with Crippen molar-refractivity contribution in [1.82, 2.24) is 29.6 Å². The van der Waals surface area contributed by atoms with Crippen LogP contribution in [0.15, 0.2) is 55.1 Å². The number of nitrogens with zero attached hydrogens (tertiary/aromatic N) is 6. The summed E-state index contributed by atoms with van der Waals surface area (Å²) in [7, 11) is 0. The maximum atomic E-state index is 14.4. The average molecular weight is 538 g/mol. The van der Waals surface area contributed by atoms with Gasteiger partial charge in [0.15, 0.2) is 5.69 Å². The number of carbonyl (C=O) groups excluding carboxylic acids is 3. The van der Waals surface area contributed by atoms with E-state index in [9.17, 15) is 18.8 Å². The van der Waals surface area contributed by atoms with Crippen LogP contribution in [0.1, 0.15) is 16.9 Å². The standard InChI is InChI=1S/C24H21ClFN9O3/c25-19-2-1-3-20(31-19)32-24(38)18-6-13(26)10-34(18)21(36)11-35-17-5-4-14(30-15-8-28-12-29-9-15)7-16(17)22(33-35)23(27)37/h1-5,7-9,12-13,18,30H,6,10-11H2,(H2,27,37)(H,31,32,38)/t13-,18+/m1/s1. The van der Waals surface area contributed by atoms with Crippen LogP contribution in [0, 0.1) is 0 Å². The normalized spacial score (nSPS) is 16.9. The number of hydrogen-bond donors (Lipinski definition) is 3. The van der Waals surface area contributed by atoms with Gasteiger partial charge in [0, 0.05) is 17.5 Å². The molecule has 0 bridgehead atoms. The van der Waals surface area contributed by atoms with E-state index in [2.05, 4.69) is 30.7 Å². The van der Waals surface area contributed by atoms with Crippen molar-refractivity contribution in [2.24, 2.45) is 5.73 Å². The highest BCUT2D eigenvalue weighted by molar-refractivity contribution is 6.29. The lowest BCUT2D eigenvalue weighted by Crippen LogP contribution is -2.44. The molecule has 3 amide bonds.